The van der Waals surface area contributed by atoms with Crippen molar-refractivity contribution in [3.05, 3.63) is 106 Å². The highest BCUT2D eigenvalue weighted by Crippen LogP contribution is 2.28. The summed E-state index contributed by atoms with van der Waals surface area (Å²) in [6, 6.07) is 26.5. The van der Waals surface area contributed by atoms with E-state index in [1.165, 1.54) is 28.0 Å². The van der Waals surface area contributed by atoms with Gasteiger partial charge in [-0.2, -0.15) is 0 Å². The number of rotatable bonds is 5. The lowest BCUT2D eigenvalue weighted by molar-refractivity contribution is 0.102. The summed E-state index contributed by atoms with van der Waals surface area (Å²) in [4.78, 5) is 17.2. The van der Waals surface area contributed by atoms with Crippen molar-refractivity contribution in [2.75, 3.05) is 5.32 Å². The molecule has 1 amide bonds. The first kappa shape index (κ1) is 21.0. The summed E-state index contributed by atoms with van der Waals surface area (Å²) < 4.78 is 0. The number of nitrogens with one attached hydrogen (secondary N) is 1. The average Bonchev–Trinajstić information content (AvgIpc) is 3.23. The van der Waals surface area contributed by atoms with Gasteiger partial charge in [0.2, 0.25) is 0 Å². The van der Waals surface area contributed by atoms with Crippen LogP contribution < -0.4 is 5.32 Å². The van der Waals surface area contributed by atoms with Crippen LogP contribution in [0.25, 0.3) is 11.3 Å². The Morgan fingerprint density at radius 1 is 0.871 bits per heavy atom. The minimum absolute atomic E-state index is 0.121. The summed E-state index contributed by atoms with van der Waals surface area (Å²) in [5.41, 5.74) is 6.40. The van der Waals surface area contributed by atoms with Gasteiger partial charge < -0.3 is 0 Å². The van der Waals surface area contributed by atoms with E-state index < -0.39 is 0 Å². The number of anilines is 1. The maximum atomic E-state index is 12.6. The molecule has 0 radical (unpaired) electrons. The lowest BCUT2D eigenvalue weighted by Crippen LogP contribution is -2.11. The smallest absolute Gasteiger partial charge is 0.257 e. The van der Waals surface area contributed by atoms with Crippen molar-refractivity contribution < 1.29 is 4.79 Å². The molecule has 156 valence electrons. The molecule has 0 saturated heterocycles. The number of thiazole rings is 1. The summed E-state index contributed by atoms with van der Waals surface area (Å²) in [7, 11) is 0. The molecule has 4 heteroatoms. The van der Waals surface area contributed by atoms with Crippen LogP contribution in [0, 0.1) is 0 Å². The Morgan fingerprint density at radius 3 is 2.16 bits per heavy atom. The summed E-state index contributed by atoms with van der Waals surface area (Å²) in [5.74, 6) is -0.143. The molecule has 0 aliphatic rings. The molecule has 0 saturated carbocycles. The van der Waals surface area contributed by atoms with Crippen molar-refractivity contribution in [3.8, 4) is 11.3 Å². The Bertz CT molecular complexity index is 1150. The van der Waals surface area contributed by atoms with E-state index >= 15 is 0 Å². The van der Waals surface area contributed by atoms with Crippen LogP contribution in [0.3, 0.4) is 0 Å². The van der Waals surface area contributed by atoms with E-state index in [0.717, 1.165) is 17.7 Å². The van der Waals surface area contributed by atoms with E-state index in [9.17, 15) is 4.79 Å². The molecule has 0 fully saturated rings. The standard InChI is InChI=1S/C27H26N2OS/c1-27(2,3)23-15-13-21(14-16-23)24-18-31-26(28-24)29-25(30)22-11-9-20(10-12-22)17-19-7-5-4-6-8-19/h4-16,18H,17H2,1-3H3,(H,28,29,30). The van der Waals surface area contributed by atoms with Crippen molar-refractivity contribution in [3.63, 3.8) is 0 Å². The molecule has 0 unspecified atom stereocenters. The molecule has 1 N–H and O–H groups in total. The van der Waals surface area contributed by atoms with Gasteiger partial charge in [0, 0.05) is 16.5 Å². The van der Waals surface area contributed by atoms with Gasteiger partial charge in [0.1, 0.15) is 0 Å². The first-order chi connectivity index (χ1) is 14.9. The quantitative estimate of drug-likeness (QED) is 0.375. The maximum Gasteiger partial charge on any atom is 0.257 e. The molecule has 3 nitrogen and oxygen atoms in total. The summed E-state index contributed by atoms with van der Waals surface area (Å²) >= 11 is 1.44. The molecule has 4 aromatic rings. The second-order valence-corrected chi connectivity index (χ2v) is 9.54. The molecule has 0 atom stereocenters. The van der Waals surface area contributed by atoms with Gasteiger partial charge in [0.25, 0.3) is 5.91 Å². The van der Waals surface area contributed by atoms with Crippen LogP contribution >= 0.6 is 11.3 Å². The van der Waals surface area contributed by atoms with Gasteiger partial charge in [-0.05, 0) is 40.7 Å². The maximum absolute atomic E-state index is 12.6. The summed E-state index contributed by atoms with van der Waals surface area (Å²) in [6.45, 7) is 6.60. The van der Waals surface area contributed by atoms with Crippen molar-refractivity contribution in [1.29, 1.82) is 0 Å². The zero-order chi connectivity index (χ0) is 21.8. The Kier molecular flexibility index (Phi) is 6.01. The molecule has 0 spiro atoms. The number of benzene rings is 3. The molecule has 31 heavy (non-hydrogen) atoms. The predicted molar refractivity (Wildman–Crippen MR) is 130 cm³/mol. The van der Waals surface area contributed by atoms with Gasteiger partial charge in [-0.3, -0.25) is 10.1 Å². The van der Waals surface area contributed by atoms with E-state index in [4.69, 9.17) is 0 Å². The van der Waals surface area contributed by atoms with Crippen molar-refractivity contribution in [1.82, 2.24) is 4.98 Å². The lowest BCUT2D eigenvalue weighted by Gasteiger charge is -2.18. The molecular formula is C27H26N2OS. The Labute approximate surface area is 187 Å². The third-order valence-corrected chi connectivity index (χ3v) is 6.00. The first-order valence-corrected chi connectivity index (χ1v) is 11.3. The molecule has 0 bridgehead atoms. The highest BCUT2D eigenvalue weighted by atomic mass is 32.1. The Morgan fingerprint density at radius 2 is 1.52 bits per heavy atom. The van der Waals surface area contributed by atoms with Gasteiger partial charge in [0.05, 0.1) is 5.69 Å². The monoisotopic (exact) mass is 426 g/mol. The number of hydrogen-bond donors (Lipinski definition) is 1. The zero-order valence-electron chi connectivity index (χ0n) is 18.1. The first-order valence-electron chi connectivity index (χ1n) is 10.4. The second kappa shape index (κ2) is 8.86. The van der Waals surface area contributed by atoms with E-state index in [2.05, 4.69) is 67.5 Å². The number of amides is 1. The molecular weight excluding hydrogens is 400 g/mol. The summed E-state index contributed by atoms with van der Waals surface area (Å²) in [6.07, 6.45) is 0.854. The van der Waals surface area contributed by atoms with Crippen LogP contribution in [-0.2, 0) is 11.8 Å². The fourth-order valence-corrected chi connectivity index (χ4v) is 4.09. The zero-order valence-corrected chi connectivity index (χ0v) is 18.9. The topological polar surface area (TPSA) is 42.0 Å². The fourth-order valence-electron chi connectivity index (χ4n) is 3.38. The minimum atomic E-state index is -0.143. The number of aromatic nitrogens is 1. The van der Waals surface area contributed by atoms with Crippen LogP contribution in [0.4, 0.5) is 5.13 Å². The van der Waals surface area contributed by atoms with E-state index in [1.54, 1.807) is 0 Å². The molecule has 4 rings (SSSR count). The van der Waals surface area contributed by atoms with Gasteiger partial charge in [-0.25, -0.2) is 4.98 Å². The van der Waals surface area contributed by atoms with E-state index in [-0.39, 0.29) is 11.3 Å². The minimum Gasteiger partial charge on any atom is -0.298 e. The van der Waals surface area contributed by atoms with Gasteiger partial charge >= 0.3 is 0 Å². The molecule has 0 aliphatic carbocycles. The lowest BCUT2D eigenvalue weighted by atomic mass is 9.86. The summed E-state index contributed by atoms with van der Waals surface area (Å²) in [5, 5.41) is 5.50. The molecule has 0 aliphatic heterocycles. The highest BCUT2D eigenvalue weighted by Gasteiger charge is 2.14. The second-order valence-electron chi connectivity index (χ2n) is 8.68. The van der Waals surface area contributed by atoms with Crippen LogP contribution in [0.15, 0.2) is 84.2 Å². The van der Waals surface area contributed by atoms with Crippen LogP contribution in [0.5, 0.6) is 0 Å². The average molecular weight is 427 g/mol. The van der Waals surface area contributed by atoms with Crippen molar-refractivity contribution in [2.24, 2.45) is 0 Å². The SMILES string of the molecule is CC(C)(C)c1ccc(-c2csc(NC(=O)c3ccc(Cc4ccccc4)cc3)n2)cc1. The van der Waals surface area contributed by atoms with Crippen molar-refractivity contribution in [2.45, 2.75) is 32.6 Å². The molecule has 1 heterocycles. The molecule has 3 aromatic carbocycles. The Hall–Kier alpha value is -3.24. The number of carbonyl (C=O) groups excluding carboxylic acids is 1. The van der Waals surface area contributed by atoms with E-state index in [1.807, 2.05) is 47.8 Å². The third kappa shape index (κ3) is 5.28. The Balaban J connectivity index is 1.41. The normalized spacial score (nSPS) is 11.3. The van der Waals surface area contributed by atoms with Gasteiger partial charge in [0.15, 0.2) is 5.13 Å². The van der Waals surface area contributed by atoms with E-state index in [0.29, 0.717) is 10.7 Å². The number of nitrogens with zero attached hydrogens (tertiary/aromatic N) is 1. The van der Waals surface area contributed by atoms with Gasteiger partial charge in [-0.1, -0.05) is 87.5 Å². The largest absolute Gasteiger partial charge is 0.298 e. The van der Waals surface area contributed by atoms with Crippen LogP contribution in [0.1, 0.15) is 47.8 Å². The third-order valence-electron chi connectivity index (χ3n) is 5.24. The highest BCUT2D eigenvalue weighted by molar-refractivity contribution is 7.14. The van der Waals surface area contributed by atoms with Crippen LogP contribution in [-0.4, -0.2) is 10.9 Å². The van der Waals surface area contributed by atoms with Crippen LogP contribution in [0.2, 0.25) is 0 Å². The predicted octanol–water partition coefficient (Wildman–Crippen LogP) is 6.95. The van der Waals surface area contributed by atoms with Gasteiger partial charge in [-0.15, -0.1) is 11.3 Å². The fraction of sp³-hybridized carbons (Fsp3) is 0.185. The molecule has 1 aromatic heterocycles. The number of hydrogen-bond acceptors (Lipinski definition) is 3. The van der Waals surface area contributed by atoms with Crippen molar-refractivity contribution >= 4 is 22.4 Å². The number of carbonyl (C=O) groups is 1.